The summed E-state index contributed by atoms with van der Waals surface area (Å²) < 4.78 is 11.7. The van der Waals surface area contributed by atoms with Gasteiger partial charge in [-0.2, -0.15) is 4.98 Å². The Hall–Kier alpha value is -1.88. The number of rotatable bonds is 3. The fourth-order valence-corrected chi connectivity index (χ4v) is 2.14. The lowest BCUT2D eigenvalue weighted by Gasteiger charge is -2.00. The van der Waals surface area contributed by atoms with Crippen LogP contribution in [0.25, 0.3) is 11.2 Å². The standard InChI is InChI=1S/C14H11BrN2O2/c1-18-11-4-2-9(3-5-11)6-13-17-14-12(19-13)7-10(15)8-16-14/h2-5,7-8H,6H2,1H3. The lowest BCUT2D eigenvalue weighted by atomic mass is 10.1. The summed E-state index contributed by atoms with van der Waals surface area (Å²) in [5.74, 6) is 1.50. The first-order chi connectivity index (χ1) is 9.24. The molecule has 0 aliphatic heterocycles. The van der Waals surface area contributed by atoms with E-state index < -0.39 is 0 Å². The molecule has 0 atom stereocenters. The van der Waals surface area contributed by atoms with Crippen LogP contribution < -0.4 is 4.74 Å². The van der Waals surface area contributed by atoms with Crippen LogP contribution >= 0.6 is 15.9 Å². The Morgan fingerprint density at radius 3 is 2.79 bits per heavy atom. The average molecular weight is 319 g/mol. The van der Waals surface area contributed by atoms with Crippen molar-refractivity contribution in [3.8, 4) is 5.75 Å². The zero-order valence-electron chi connectivity index (χ0n) is 10.3. The molecule has 0 spiro atoms. The van der Waals surface area contributed by atoms with Gasteiger partial charge in [0.05, 0.1) is 7.11 Å². The molecule has 0 aliphatic rings. The lowest BCUT2D eigenvalue weighted by Crippen LogP contribution is -1.89. The van der Waals surface area contributed by atoms with Gasteiger partial charge < -0.3 is 9.15 Å². The highest BCUT2D eigenvalue weighted by Gasteiger charge is 2.08. The van der Waals surface area contributed by atoms with E-state index in [4.69, 9.17) is 9.15 Å². The van der Waals surface area contributed by atoms with E-state index in [0.717, 1.165) is 15.8 Å². The molecule has 2 heterocycles. The SMILES string of the molecule is COc1ccc(Cc2nc3ncc(Br)cc3o2)cc1. The van der Waals surface area contributed by atoms with Crippen LogP contribution in [-0.2, 0) is 6.42 Å². The summed E-state index contributed by atoms with van der Waals surface area (Å²) in [7, 11) is 1.65. The molecular weight excluding hydrogens is 308 g/mol. The molecule has 0 radical (unpaired) electrons. The third kappa shape index (κ3) is 2.61. The molecule has 0 saturated carbocycles. The van der Waals surface area contributed by atoms with Gasteiger partial charge in [-0.25, -0.2) is 4.98 Å². The van der Waals surface area contributed by atoms with Gasteiger partial charge in [0, 0.05) is 23.2 Å². The largest absolute Gasteiger partial charge is 0.497 e. The van der Waals surface area contributed by atoms with Crippen LogP contribution in [0.3, 0.4) is 0 Å². The van der Waals surface area contributed by atoms with Gasteiger partial charge in [0.2, 0.25) is 5.89 Å². The molecular formula is C14H11BrN2O2. The van der Waals surface area contributed by atoms with Gasteiger partial charge >= 0.3 is 0 Å². The number of methoxy groups -OCH3 is 1. The van der Waals surface area contributed by atoms with Crippen LogP contribution in [0.15, 0.2) is 45.4 Å². The van der Waals surface area contributed by atoms with Gasteiger partial charge in [0.1, 0.15) is 5.75 Å². The highest BCUT2D eigenvalue weighted by atomic mass is 79.9. The molecule has 5 heteroatoms. The van der Waals surface area contributed by atoms with Gasteiger partial charge in [-0.15, -0.1) is 0 Å². The fourth-order valence-electron chi connectivity index (χ4n) is 1.83. The second-order valence-corrected chi connectivity index (χ2v) is 5.02. The molecule has 1 aromatic carbocycles. The summed E-state index contributed by atoms with van der Waals surface area (Å²) in [5, 5.41) is 0. The highest BCUT2D eigenvalue weighted by Crippen LogP contribution is 2.20. The number of hydrogen-bond acceptors (Lipinski definition) is 4. The summed E-state index contributed by atoms with van der Waals surface area (Å²) in [6.45, 7) is 0. The topological polar surface area (TPSA) is 48.2 Å². The van der Waals surface area contributed by atoms with Gasteiger partial charge in [-0.3, -0.25) is 0 Å². The Morgan fingerprint density at radius 1 is 1.26 bits per heavy atom. The molecule has 0 saturated heterocycles. The van der Waals surface area contributed by atoms with Crippen molar-refractivity contribution < 1.29 is 9.15 Å². The second kappa shape index (κ2) is 5.01. The molecule has 2 aromatic heterocycles. The van der Waals surface area contributed by atoms with Crippen molar-refractivity contribution in [3.05, 3.63) is 52.5 Å². The van der Waals surface area contributed by atoms with Crippen molar-refractivity contribution in [2.75, 3.05) is 7.11 Å². The Balaban J connectivity index is 1.87. The molecule has 3 rings (SSSR count). The molecule has 0 aliphatic carbocycles. The molecule has 0 bridgehead atoms. The monoisotopic (exact) mass is 318 g/mol. The van der Waals surface area contributed by atoms with Crippen LogP contribution in [0.5, 0.6) is 5.75 Å². The van der Waals surface area contributed by atoms with E-state index in [1.807, 2.05) is 30.3 Å². The number of fused-ring (bicyclic) bond motifs is 1. The average Bonchev–Trinajstić information content (AvgIpc) is 2.81. The normalized spacial score (nSPS) is 10.8. The highest BCUT2D eigenvalue weighted by molar-refractivity contribution is 9.10. The van der Waals surface area contributed by atoms with E-state index >= 15 is 0 Å². The van der Waals surface area contributed by atoms with Crippen molar-refractivity contribution in [1.29, 1.82) is 0 Å². The Labute approximate surface area is 118 Å². The Bertz CT molecular complexity index is 707. The summed E-state index contributed by atoms with van der Waals surface area (Å²) in [4.78, 5) is 8.56. The summed E-state index contributed by atoms with van der Waals surface area (Å²) in [6.07, 6.45) is 2.35. The number of oxazole rings is 1. The third-order valence-corrected chi connectivity index (χ3v) is 3.21. The number of pyridine rings is 1. The van der Waals surface area contributed by atoms with E-state index in [0.29, 0.717) is 23.5 Å². The molecule has 0 amide bonds. The molecule has 19 heavy (non-hydrogen) atoms. The molecule has 96 valence electrons. The number of ether oxygens (including phenoxy) is 1. The van der Waals surface area contributed by atoms with Crippen molar-refractivity contribution in [2.24, 2.45) is 0 Å². The molecule has 0 unspecified atom stereocenters. The minimum Gasteiger partial charge on any atom is -0.497 e. The Kier molecular flexibility index (Phi) is 3.21. The quantitative estimate of drug-likeness (QED) is 0.740. The summed E-state index contributed by atoms with van der Waals surface area (Å²) >= 11 is 3.36. The van der Waals surface area contributed by atoms with E-state index in [1.165, 1.54) is 0 Å². The summed E-state index contributed by atoms with van der Waals surface area (Å²) in [6, 6.07) is 9.71. The minimum absolute atomic E-state index is 0.631. The first-order valence-corrected chi connectivity index (χ1v) is 6.58. The fraction of sp³-hybridized carbons (Fsp3) is 0.143. The van der Waals surface area contributed by atoms with Crippen LogP contribution in [-0.4, -0.2) is 17.1 Å². The number of hydrogen-bond donors (Lipinski definition) is 0. The zero-order chi connectivity index (χ0) is 13.2. The van der Waals surface area contributed by atoms with E-state index in [9.17, 15) is 0 Å². The smallest absolute Gasteiger partial charge is 0.201 e. The van der Waals surface area contributed by atoms with Crippen molar-refractivity contribution >= 4 is 27.2 Å². The first kappa shape index (κ1) is 12.2. The number of aromatic nitrogens is 2. The zero-order valence-corrected chi connectivity index (χ0v) is 11.8. The van der Waals surface area contributed by atoms with E-state index in [1.54, 1.807) is 13.3 Å². The molecule has 0 N–H and O–H groups in total. The predicted molar refractivity (Wildman–Crippen MR) is 75.3 cm³/mol. The second-order valence-electron chi connectivity index (χ2n) is 4.11. The van der Waals surface area contributed by atoms with Crippen molar-refractivity contribution in [2.45, 2.75) is 6.42 Å². The Morgan fingerprint density at radius 2 is 2.05 bits per heavy atom. The molecule has 0 fully saturated rings. The number of benzene rings is 1. The minimum atomic E-state index is 0.631. The molecule has 3 aromatic rings. The lowest BCUT2D eigenvalue weighted by molar-refractivity contribution is 0.414. The van der Waals surface area contributed by atoms with Gasteiger partial charge in [-0.05, 0) is 33.6 Å². The molecule has 4 nitrogen and oxygen atoms in total. The third-order valence-electron chi connectivity index (χ3n) is 2.77. The number of nitrogens with zero attached hydrogens (tertiary/aromatic N) is 2. The van der Waals surface area contributed by atoms with E-state index in [2.05, 4.69) is 25.9 Å². The number of halogens is 1. The maximum atomic E-state index is 5.67. The van der Waals surface area contributed by atoms with Crippen LogP contribution in [0.4, 0.5) is 0 Å². The first-order valence-electron chi connectivity index (χ1n) is 5.78. The maximum absolute atomic E-state index is 5.67. The van der Waals surface area contributed by atoms with Gasteiger partial charge in [0.25, 0.3) is 0 Å². The van der Waals surface area contributed by atoms with E-state index in [-0.39, 0.29) is 0 Å². The van der Waals surface area contributed by atoms with Crippen molar-refractivity contribution in [3.63, 3.8) is 0 Å². The van der Waals surface area contributed by atoms with Gasteiger partial charge in [0.15, 0.2) is 11.2 Å². The van der Waals surface area contributed by atoms with Crippen molar-refractivity contribution in [1.82, 2.24) is 9.97 Å². The summed E-state index contributed by atoms with van der Waals surface area (Å²) in [5.41, 5.74) is 2.44. The van der Waals surface area contributed by atoms with Crippen LogP contribution in [0.1, 0.15) is 11.5 Å². The maximum Gasteiger partial charge on any atom is 0.201 e. The van der Waals surface area contributed by atoms with Crippen LogP contribution in [0.2, 0.25) is 0 Å². The van der Waals surface area contributed by atoms with Crippen LogP contribution in [0, 0.1) is 0 Å². The predicted octanol–water partition coefficient (Wildman–Crippen LogP) is 3.58. The van der Waals surface area contributed by atoms with Gasteiger partial charge in [-0.1, -0.05) is 12.1 Å².